The van der Waals surface area contributed by atoms with Crippen LogP contribution in [0.25, 0.3) is 0 Å². The molecule has 0 radical (unpaired) electrons. The molecule has 0 aliphatic heterocycles. The second kappa shape index (κ2) is 8.05. The number of benzene rings is 1. The molecule has 2 saturated carbocycles. The van der Waals surface area contributed by atoms with Gasteiger partial charge in [0, 0.05) is 0 Å². The Labute approximate surface area is 150 Å². The van der Waals surface area contributed by atoms with Crippen LogP contribution in [0, 0.1) is 17.8 Å². The second-order valence-electron chi connectivity index (χ2n) is 7.89. The van der Waals surface area contributed by atoms with Gasteiger partial charge in [0.2, 0.25) is 0 Å². The minimum atomic E-state index is 0.353. The van der Waals surface area contributed by atoms with Gasteiger partial charge < -0.3 is 5.11 Å². The minimum Gasteiger partial charge on any atom is -0.507 e. The fourth-order valence-electron chi connectivity index (χ4n) is 5.06. The van der Waals surface area contributed by atoms with Gasteiger partial charge in [0.1, 0.15) is 5.75 Å². The molecule has 0 aromatic heterocycles. The Morgan fingerprint density at radius 3 is 2.13 bits per heavy atom. The summed E-state index contributed by atoms with van der Waals surface area (Å²) in [6.45, 7) is 2.33. The third kappa shape index (κ3) is 4.32. The number of halogens is 1. The number of hydrogen-bond donors (Lipinski definition) is 1. The minimum absolute atomic E-state index is 0.353. The largest absolute Gasteiger partial charge is 0.507 e. The fraction of sp³-hybridized carbons (Fsp3) is 0.714. The summed E-state index contributed by atoms with van der Waals surface area (Å²) in [6.07, 6.45) is 14.3. The van der Waals surface area contributed by atoms with E-state index in [0.29, 0.717) is 11.7 Å². The summed E-state index contributed by atoms with van der Waals surface area (Å²) in [5, 5.41) is 9.67. The molecule has 2 heteroatoms. The predicted molar refractivity (Wildman–Crippen MR) is 101 cm³/mol. The van der Waals surface area contributed by atoms with E-state index < -0.39 is 0 Å². The molecule has 128 valence electrons. The molecule has 1 nitrogen and oxygen atoms in total. The topological polar surface area (TPSA) is 20.2 Å². The molecule has 2 aliphatic rings. The Hall–Kier alpha value is -0.500. The van der Waals surface area contributed by atoms with Gasteiger partial charge in [-0.25, -0.2) is 0 Å². The van der Waals surface area contributed by atoms with Gasteiger partial charge in [-0.15, -0.1) is 0 Å². The third-order valence-electron chi connectivity index (χ3n) is 6.47. The first-order chi connectivity index (χ1) is 11.2. The van der Waals surface area contributed by atoms with Crippen molar-refractivity contribution in [2.75, 3.05) is 0 Å². The molecule has 2 aliphatic carbocycles. The third-order valence-corrected chi connectivity index (χ3v) is 7.11. The normalized spacial score (nSPS) is 31.9. The van der Waals surface area contributed by atoms with Crippen LogP contribution >= 0.6 is 15.9 Å². The van der Waals surface area contributed by atoms with Gasteiger partial charge in [-0.1, -0.05) is 38.7 Å². The first-order valence-corrected chi connectivity index (χ1v) is 10.4. The average molecular weight is 379 g/mol. The SMILES string of the molecule is CCCC1CCC(C2CCC(c3ccc(O)c(Br)c3)CC2)CC1. The van der Waals surface area contributed by atoms with Crippen molar-refractivity contribution in [1.29, 1.82) is 0 Å². The zero-order chi connectivity index (χ0) is 16.2. The number of phenols is 1. The Morgan fingerprint density at radius 1 is 0.957 bits per heavy atom. The number of rotatable bonds is 4. The van der Waals surface area contributed by atoms with Gasteiger partial charge in [0.05, 0.1) is 4.47 Å². The molecule has 23 heavy (non-hydrogen) atoms. The van der Waals surface area contributed by atoms with Crippen LogP contribution in [0.5, 0.6) is 5.75 Å². The molecule has 0 bridgehead atoms. The van der Waals surface area contributed by atoms with Gasteiger partial charge >= 0.3 is 0 Å². The summed E-state index contributed by atoms with van der Waals surface area (Å²) in [5.74, 6) is 4.07. The lowest BCUT2D eigenvalue weighted by Gasteiger charge is -2.38. The Morgan fingerprint density at radius 2 is 1.57 bits per heavy atom. The van der Waals surface area contributed by atoms with E-state index in [1.165, 1.54) is 69.8 Å². The maximum atomic E-state index is 9.67. The molecule has 0 saturated heterocycles. The van der Waals surface area contributed by atoms with E-state index in [1.54, 1.807) is 0 Å². The van der Waals surface area contributed by atoms with E-state index in [4.69, 9.17) is 0 Å². The molecule has 0 unspecified atom stereocenters. The first-order valence-electron chi connectivity index (χ1n) is 9.65. The van der Waals surface area contributed by atoms with E-state index in [2.05, 4.69) is 35.0 Å². The molecule has 0 heterocycles. The predicted octanol–water partition coefficient (Wildman–Crippen LogP) is 7.04. The van der Waals surface area contributed by atoms with Crippen molar-refractivity contribution in [2.24, 2.45) is 17.8 Å². The van der Waals surface area contributed by atoms with Gasteiger partial charge in [0.15, 0.2) is 0 Å². The first kappa shape index (κ1) is 17.3. The zero-order valence-electron chi connectivity index (χ0n) is 14.4. The highest BCUT2D eigenvalue weighted by atomic mass is 79.9. The quantitative estimate of drug-likeness (QED) is 0.595. The molecule has 1 aromatic rings. The lowest BCUT2D eigenvalue weighted by molar-refractivity contribution is 0.156. The van der Waals surface area contributed by atoms with Crippen LogP contribution in [0.3, 0.4) is 0 Å². The molecule has 0 atom stereocenters. The van der Waals surface area contributed by atoms with Crippen LogP contribution in [-0.4, -0.2) is 5.11 Å². The molecule has 0 amide bonds. The lowest BCUT2D eigenvalue weighted by Crippen LogP contribution is -2.25. The summed E-state index contributed by atoms with van der Waals surface area (Å²) >= 11 is 3.46. The second-order valence-corrected chi connectivity index (χ2v) is 8.75. The molecule has 0 spiro atoms. The fourth-order valence-corrected chi connectivity index (χ4v) is 5.45. The Balaban J connectivity index is 1.50. The zero-order valence-corrected chi connectivity index (χ0v) is 16.0. The maximum Gasteiger partial charge on any atom is 0.129 e. The van der Waals surface area contributed by atoms with Crippen molar-refractivity contribution in [2.45, 2.75) is 77.0 Å². The van der Waals surface area contributed by atoms with Crippen molar-refractivity contribution < 1.29 is 5.11 Å². The van der Waals surface area contributed by atoms with Gasteiger partial charge in [-0.2, -0.15) is 0 Å². The highest BCUT2D eigenvalue weighted by molar-refractivity contribution is 9.10. The van der Waals surface area contributed by atoms with E-state index in [0.717, 1.165) is 22.2 Å². The summed E-state index contributed by atoms with van der Waals surface area (Å²) in [6, 6.07) is 6.07. The summed E-state index contributed by atoms with van der Waals surface area (Å²) in [7, 11) is 0. The van der Waals surface area contributed by atoms with E-state index in [9.17, 15) is 5.11 Å². The van der Waals surface area contributed by atoms with Crippen LogP contribution < -0.4 is 0 Å². The van der Waals surface area contributed by atoms with Crippen molar-refractivity contribution in [3.8, 4) is 5.75 Å². The highest BCUT2D eigenvalue weighted by Gasteiger charge is 2.31. The van der Waals surface area contributed by atoms with Crippen molar-refractivity contribution in [1.82, 2.24) is 0 Å². The van der Waals surface area contributed by atoms with Crippen LogP contribution in [0.15, 0.2) is 22.7 Å². The molecule has 1 aromatic carbocycles. The van der Waals surface area contributed by atoms with Gasteiger partial charge in [0.25, 0.3) is 0 Å². The van der Waals surface area contributed by atoms with E-state index in [-0.39, 0.29) is 0 Å². The average Bonchev–Trinajstić information content (AvgIpc) is 2.59. The molecule has 3 rings (SSSR count). The number of phenolic OH excluding ortho intramolecular Hbond substituents is 1. The Kier molecular flexibility index (Phi) is 6.07. The summed E-state index contributed by atoms with van der Waals surface area (Å²) < 4.78 is 0.839. The van der Waals surface area contributed by atoms with E-state index >= 15 is 0 Å². The highest BCUT2D eigenvalue weighted by Crippen LogP contribution is 2.45. The smallest absolute Gasteiger partial charge is 0.129 e. The van der Waals surface area contributed by atoms with Gasteiger partial charge in [-0.05, 0) is 95.8 Å². The van der Waals surface area contributed by atoms with Crippen LogP contribution in [0.4, 0.5) is 0 Å². The van der Waals surface area contributed by atoms with E-state index in [1.807, 2.05) is 6.07 Å². The molecular formula is C21H31BrO. The van der Waals surface area contributed by atoms with Crippen molar-refractivity contribution in [3.63, 3.8) is 0 Å². The molecule has 2 fully saturated rings. The molecular weight excluding hydrogens is 348 g/mol. The molecule has 1 N–H and O–H groups in total. The Bertz CT molecular complexity index is 497. The maximum absolute atomic E-state index is 9.67. The van der Waals surface area contributed by atoms with Crippen LogP contribution in [0.1, 0.15) is 82.6 Å². The standard InChI is InChI=1S/C21H31BrO/c1-2-3-15-4-6-16(7-5-15)17-8-10-18(11-9-17)19-12-13-21(23)20(22)14-19/h12-18,23H,2-11H2,1H3. The number of aromatic hydroxyl groups is 1. The van der Waals surface area contributed by atoms with Crippen LogP contribution in [-0.2, 0) is 0 Å². The van der Waals surface area contributed by atoms with Gasteiger partial charge in [-0.3, -0.25) is 0 Å². The summed E-state index contributed by atoms with van der Waals surface area (Å²) in [5.41, 5.74) is 1.40. The lowest BCUT2D eigenvalue weighted by atomic mass is 9.68. The monoisotopic (exact) mass is 378 g/mol. The van der Waals surface area contributed by atoms with Crippen molar-refractivity contribution in [3.05, 3.63) is 28.2 Å². The van der Waals surface area contributed by atoms with Crippen LogP contribution in [0.2, 0.25) is 0 Å². The number of hydrogen-bond acceptors (Lipinski definition) is 1. The summed E-state index contributed by atoms with van der Waals surface area (Å²) in [4.78, 5) is 0. The van der Waals surface area contributed by atoms with Crippen molar-refractivity contribution >= 4 is 15.9 Å².